The van der Waals surface area contributed by atoms with Gasteiger partial charge in [-0.1, -0.05) is 22.0 Å². The summed E-state index contributed by atoms with van der Waals surface area (Å²) >= 11 is 3.23. The van der Waals surface area contributed by atoms with Gasteiger partial charge in [0.05, 0.1) is 6.10 Å². The van der Waals surface area contributed by atoms with Gasteiger partial charge >= 0.3 is 0 Å². The van der Waals surface area contributed by atoms with Crippen LogP contribution in [0.4, 0.5) is 4.39 Å². The Morgan fingerprint density at radius 1 is 1.53 bits per heavy atom. The van der Waals surface area contributed by atoms with Gasteiger partial charge < -0.3 is 10.5 Å². The van der Waals surface area contributed by atoms with Crippen molar-refractivity contribution < 1.29 is 9.13 Å². The Kier molecular flexibility index (Phi) is 3.38. The molecule has 1 aliphatic heterocycles. The van der Waals surface area contributed by atoms with Crippen LogP contribution in [-0.4, -0.2) is 13.2 Å². The molecule has 1 saturated heterocycles. The van der Waals surface area contributed by atoms with Gasteiger partial charge in [0.2, 0.25) is 0 Å². The minimum atomic E-state index is -0.227. The van der Waals surface area contributed by atoms with Gasteiger partial charge in [0.25, 0.3) is 0 Å². The van der Waals surface area contributed by atoms with Crippen molar-refractivity contribution in [1.29, 1.82) is 0 Å². The molecule has 2 unspecified atom stereocenters. The average Bonchev–Trinajstić information content (AvgIpc) is 2.65. The fourth-order valence-electron chi connectivity index (χ4n) is 1.95. The first-order valence-corrected chi connectivity index (χ1v) is 5.78. The van der Waals surface area contributed by atoms with Crippen LogP contribution in [0.25, 0.3) is 0 Å². The van der Waals surface area contributed by atoms with Crippen LogP contribution in [0.1, 0.15) is 18.1 Å². The van der Waals surface area contributed by atoms with E-state index in [1.165, 1.54) is 6.07 Å². The third-order valence-corrected chi connectivity index (χ3v) is 3.28. The Bertz CT molecular complexity index is 358. The molecule has 0 radical (unpaired) electrons. The van der Waals surface area contributed by atoms with Crippen LogP contribution < -0.4 is 5.73 Å². The molecule has 1 aromatic rings. The second-order valence-electron chi connectivity index (χ2n) is 3.74. The highest BCUT2D eigenvalue weighted by molar-refractivity contribution is 9.10. The number of ether oxygens (including phenoxy) is 1. The number of halogens is 2. The number of benzene rings is 1. The molecule has 1 heterocycles. The predicted octanol–water partition coefficient (Wildman–Crippen LogP) is 2.62. The molecule has 4 heteroatoms. The molecule has 2 N–H and O–H groups in total. The van der Waals surface area contributed by atoms with Crippen LogP contribution in [0.3, 0.4) is 0 Å². The zero-order valence-corrected chi connectivity index (χ0v) is 9.84. The maximum absolute atomic E-state index is 13.7. The molecule has 1 aromatic carbocycles. The lowest BCUT2D eigenvalue weighted by Crippen LogP contribution is -2.18. The summed E-state index contributed by atoms with van der Waals surface area (Å²) in [5.41, 5.74) is 6.25. The van der Waals surface area contributed by atoms with Gasteiger partial charge in [-0.05, 0) is 25.1 Å². The van der Waals surface area contributed by atoms with Crippen molar-refractivity contribution in [2.45, 2.75) is 12.5 Å². The number of hydrogen-bond acceptors (Lipinski definition) is 2. The topological polar surface area (TPSA) is 35.2 Å². The Hall–Kier alpha value is -0.450. The molecule has 2 rings (SSSR count). The molecule has 2 atom stereocenters. The second-order valence-corrected chi connectivity index (χ2v) is 4.66. The summed E-state index contributed by atoms with van der Waals surface area (Å²) in [6.45, 7) is 1.21. The first-order chi connectivity index (χ1) is 7.22. The number of rotatable bonds is 2. The molecule has 0 spiro atoms. The van der Waals surface area contributed by atoms with Crippen molar-refractivity contribution in [3.63, 3.8) is 0 Å². The van der Waals surface area contributed by atoms with E-state index in [-0.39, 0.29) is 17.8 Å². The van der Waals surface area contributed by atoms with Crippen LogP contribution in [0.15, 0.2) is 22.7 Å². The van der Waals surface area contributed by atoms with Crippen LogP contribution in [0, 0.1) is 11.7 Å². The van der Waals surface area contributed by atoms with Crippen LogP contribution in [0.5, 0.6) is 0 Å². The third kappa shape index (κ3) is 2.22. The van der Waals surface area contributed by atoms with Gasteiger partial charge in [0, 0.05) is 22.6 Å². The fraction of sp³-hybridized carbons (Fsp3) is 0.455. The average molecular weight is 274 g/mol. The van der Waals surface area contributed by atoms with Crippen molar-refractivity contribution in [3.8, 4) is 0 Å². The maximum atomic E-state index is 13.7. The Labute approximate surface area is 96.7 Å². The summed E-state index contributed by atoms with van der Waals surface area (Å²) in [4.78, 5) is 0. The molecule has 0 saturated carbocycles. The fourth-order valence-corrected chi connectivity index (χ4v) is 2.28. The summed E-state index contributed by atoms with van der Waals surface area (Å²) in [6.07, 6.45) is 0.736. The molecule has 1 fully saturated rings. The van der Waals surface area contributed by atoms with Crippen LogP contribution in [-0.2, 0) is 4.74 Å². The lowest BCUT2D eigenvalue weighted by atomic mass is 9.95. The zero-order chi connectivity index (χ0) is 10.8. The molecule has 0 aromatic heterocycles. The highest BCUT2D eigenvalue weighted by atomic mass is 79.9. The van der Waals surface area contributed by atoms with Gasteiger partial charge in [-0.25, -0.2) is 4.39 Å². The normalized spacial score (nSPS) is 25.8. The molecular formula is C11H13BrFNO. The van der Waals surface area contributed by atoms with Crippen molar-refractivity contribution in [2.75, 3.05) is 13.2 Å². The molecule has 1 aliphatic rings. The Morgan fingerprint density at radius 3 is 3.00 bits per heavy atom. The van der Waals surface area contributed by atoms with Crippen molar-refractivity contribution >= 4 is 15.9 Å². The summed E-state index contributed by atoms with van der Waals surface area (Å²) in [6, 6.07) is 5.05. The van der Waals surface area contributed by atoms with E-state index >= 15 is 0 Å². The summed E-state index contributed by atoms with van der Waals surface area (Å²) < 4.78 is 19.9. The van der Waals surface area contributed by atoms with Crippen molar-refractivity contribution in [1.82, 2.24) is 0 Å². The van der Waals surface area contributed by atoms with E-state index in [2.05, 4.69) is 15.9 Å². The molecule has 0 aliphatic carbocycles. The van der Waals surface area contributed by atoms with Gasteiger partial charge in [0.15, 0.2) is 0 Å². The van der Waals surface area contributed by atoms with E-state index < -0.39 is 0 Å². The zero-order valence-electron chi connectivity index (χ0n) is 8.25. The lowest BCUT2D eigenvalue weighted by Gasteiger charge is -2.17. The standard InChI is InChI=1S/C11H13BrFNO/c12-8-1-2-9(10(13)5-8)11-7(6-14)3-4-15-11/h1-2,5,7,11H,3-4,6,14H2. The third-order valence-electron chi connectivity index (χ3n) is 2.79. The molecule has 2 nitrogen and oxygen atoms in total. The summed E-state index contributed by atoms with van der Waals surface area (Å²) in [5.74, 6) is 0.00963. The van der Waals surface area contributed by atoms with Gasteiger partial charge in [-0.3, -0.25) is 0 Å². The van der Waals surface area contributed by atoms with Crippen LogP contribution >= 0.6 is 15.9 Å². The van der Waals surface area contributed by atoms with Crippen LogP contribution in [0.2, 0.25) is 0 Å². The first-order valence-electron chi connectivity index (χ1n) is 4.99. The SMILES string of the molecule is NCC1CCOC1c1ccc(Br)cc1F. The number of hydrogen-bond donors (Lipinski definition) is 1. The lowest BCUT2D eigenvalue weighted by molar-refractivity contribution is 0.0894. The monoisotopic (exact) mass is 273 g/mol. The van der Waals surface area contributed by atoms with E-state index in [4.69, 9.17) is 10.5 Å². The Morgan fingerprint density at radius 2 is 2.33 bits per heavy atom. The highest BCUT2D eigenvalue weighted by Gasteiger charge is 2.30. The quantitative estimate of drug-likeness (QED) is 0.899. The van der Waals surface area contributed by atoms with Gasteiger partial charge in [0.1, 0.15) is 5.82 Å². The summed E-state index contributed by atoms with van der Waals surface area (Å²) in [7, 11) is 0. The van der Waals surface area contributed by atoms with E-state index in [9.17, 15) is 4.39 Å². The highest BCUT2D eigenvalue weighted by Crippen LogP contribution is 2.35. The molecular weight excluding hydrogens is 261 g/mol. The second kappa shape index (κ2) is 4.60. The Balaban J connectivity index is 2.28. The molecule has 15 heavy (non-hydrogen) atoms. The molecule has 82 valence electrons. The van der Waals surface area contributed by atoms with E-state index in [1.54, 1.807) is 6.07 Å². The van der Waals surface area contributed by atoms with Gasteiger partial charge in [-0.2, -0.15) is 0 Å². The maximum Gasteiger partial charge on any atom is 0.130 e. The predicted molar refractivity (Wildman–Crippen MR) is 60.0 cm³/mol. The number of nitrogens with two attached hydrogens (primary N) is 1. The van der Waals surface area contributed by atoms with Crippen molar-refractivity contribution in [2.24, 2.45) is 11.7 Å². The van der Waals surface area contributed by atoms with E-state index in [1.807, 2.05) is 6.07 Å². The van der Waals surface area contributed by atoms with E-state index in [0.717, 1.165) is 10.9 Å². The van der Waals surface area contributed by atoms with Crippen molar-refractivity contribution in [3.05, 3.63) is 34.1 Å². The molecule has 0 amide bonds. The largest absolute Gasteiger partial charge is 0.373 e. The van der Waals surface area contributed by atoms with Gasteiger partial charge in [-0.15, -0.1) is 0 Å². The summed E-state index contributed by atoms with van der Waals surface area (Å²) in [5, 5.41) is 0. The first kappa shape index (κ1) is 11.0. The minimum Gasteiger partial charge on any atom is -0.373 e. The molecule has 0 bridgehead atoms. The minimum absolute atomic E-state index is 0.178. The van der Waals surface area contributed by atoms with E-state index in [0.29, 0.717) is 18.7 Å². The smallest absolute Gasteiger partial charge is 0.130 e.